The SMILES string of the molecule is CN=C(NCC1(SC)CCOCC1)NC1CCN(c2ccc(C(C)(C)C)cc2)CC1.I. The first-order chi connectivity index (χ1) is 14.3. The van der Waals surface area contributed by atoms with Gasteiger partial charge >= 0.3 is 0 Å². The average molecular weight is 561 g/mol. The van der Waals surface area contributed by atoms with E-state index in [1.807, 2.05) is 18.8 Å². The Labute approximate surface area is 210 Å². The predicted molar refractivity (Wildman–Crippen MR) is 147 cm³/mol. The van der Waals surface area contributed by atoms with Crippen molar-refractivity contribution in [1.82, 2.24) is 10.6 Å². The summed E-state index contributed by atoms with van der Waals surface area (Å²) >= 11 is 1.96. The Balaban J connectivity index is 0.00000341. The van der Waals surface area contributed by atoms with Gasteiger partial charge in [-0.05, 0) is 55.1 Å². The largest absolute Gasteiger partial charge is 0.381 e. The number of benzene rings is 1. The Kier molecular flexibility index (Phi) is 10.3. The normalized spacial score (nSPS) is 20.2. The van der Waals surface area contributed by atoms with Gasteiger partial charge in [-0.2, -0.15) is 11.8 Å². The molecule has 0 atom stereocenters. The molecule has 2 saturated heterocycles. The molecule has 0 aliphatic carbocycles. The fourth-order valence-corrected chi connectivity index (χ4v) is 5.07. The molecule has 5 nitrogen and oxygen atoms in total. The van der Waals surface area contributed by atoms with Crippen molar-refractivity contribution >= 4 is 47.4 Å². The van der Waals surface area contributed by atoms with Crippen LogP contribution in [-0.2, 0) is 10.2 Å². The van der Waals surface area contributed by atoms with Gasteiger partial charge < -0.3 is 20.3 Å². The first kappa shape index (κ1) is 26.6. The number of hydrogen-bond donors (Lipinski definition) is 2. The maximum atomic E-state index is 5.56. The molecule has 1 aromatic rings. The maximum absolute atomic E-state index is 5.56. The van der Waals surface area contributed by atoms with E-state index in [4.69, 9.17) is 4.74 Å². The Morgan fingerprint density at radius 1 is 1.16 bits per heavy atom. The first-order valence-corrected chi connectivity index (χ1v) is 12.5. The second kappa shape index (κ2) is 12.0. The number of nitrogens with one attached hydrogen (secondary N) is 2. The van der Waals surface area contributed by atoms with Crippen molar-refractivity contribution in [1.29, 1.82) is 0 Å². The number of anilines is 1. The smallest absolute Gasteiger partial charge is 0.191 e. The van der Waals surface area contributed by atoms with Crippen LogP contribution in [0.15, 0.2) is 29.3 Å². The van der Waals surface area contributed by atoms with Gasteiger partial charge in [0.15, 0.2) is 5.96 Å². The summed E-state index contributed by atoms with van der Waals surface area (Å²) in [5.74, 6) is 0.933. The van der Waals surface area contributed by atoms with Crippen molar-refractivity contribution in [3.8, 4) is 0 Å². The molecule has 0 radical (unpaired) electrons. The van der Waals surface area contributed by atoms with E-state index in [-0.39, 0.29) is 34.1 Å². The lowest BCUT2D eigenvalue weighted by molar-refractivity contribution is 0.0782. The number of hydrogen-bond acceptors (Lipinski definition) is 4. The molecule has 2 aliphatic rings. The molecule has 0 amide bonds. The fraction of sp³-hybridized carbons (Fsp3) is 0.708. The molecule has 0 aromatic heterocycles. The summed E-state index contributed by atoms with van der Waals surface area (Å²) < 4.78 is 5.82. The minimum absolute atomic E-state index is 0. The second-order valence-electron chi connectivity index (χ2n) is 9.63. The number of ether oxygens (including phenoxy) is 1. The van der Waals surface area contributed by atoms with E-state index >= 15 is 0 Å². The van der Waals surface area contributed by atoms with Gasteiger partial charge in [0, 0.05) is 56.4 Å². The molecule has 3 rings (SSSR count). The summed E-state index contributed by atoms with van der Waals surface area (Å²) in [6, 6.07) is 9.60. The molecule has 1 aromatic carbocycles. The molecule has 2 heterocycles. The summed E-state index contributed by atoms with van der Waals surface area (Å²) in [4.78, 5) is 6.99. The van der Waals surface area contributed by atoms with Crippen molar-refractivity contribution in [3.05, 3.63) is 29.8 Å². The third-order valence-corrected chi connectivity index (χ3v) is 7.99. The molecule has 2 aliphatic heterocycles. The molecule has 0 saturated carbocycles. The molecular formula is C24H41IN4OS. The summed E-state index contributed by atoms with van der Waals surface area (Å²) in [6.45, 7) is 11.6. The minimum Gasteiger partial charge on any atom is -0.381 e. The summed E-state index contributed by atoms with van der Waals surface area (Å²) in [5, 5.41) is 7.25. The van der Waals surface area contributed by atoms with Crippen LogP contribution in [0.4, 0.5) is 5.69 Å². The first-order valence-electron chi connectivity index (χ1n) is 11.3. The van der Waals surface area contributed by atoms with Crippen molar-refractivity contribution in [3.63, 3.8) is 0 Å². The van der Waals surface area contributed by atoms with Crippen LogP contribution >= 0.6 is 35.7 Å². The number of thioether (sulfide) groups is 1. The molecule has 0 spiro atoms. The third-order valence-electron chi connectivity index (χ3n) is 6.57. The standard InChI is InChI=1S/C24H40N4OS.HI/c1-23(2,3)19-6-8-21(9-7-19)28-14-10-20(11-15-28)27-22(25-4)26-18-24(30-5)12-16-29-17-13-24;/h6-9,20H,10-18H2,1-5H3,(H2,25,26,27);1H. The number of rotatable bonds is 5. The maximum Gasteiger partial charge on any atom is 0.191 e. The Hall–Kier alpha value is -0.670. The lowest BCUT2D eigenvalue weighted by Crippen LogP contribution is -2.52. The summed E-state index contributed by atoms with van der Waals surface area (Å²) in [7, 11) is 1.87. The molecule has 0 bridgehead atoms. The molecular weight excluding hydrogens is 519 g/mol. The zero-order chi connectivity index (χ0) is 21.6. The summed E-state index contributed by atoms with van der Waals surface area (Å²) in [6.07, 6.45) is 6.68. The monoisotopic (exact) mass is 560 g/mol. The van der Waals surface area contributed by atoms with Gasteiger partial charge in [0.05, 0.1) is 0 Å². The highest BCUT2D eigenvalue weighted by Crippen LogP contribution is 2.33. The van der Waals surface area contributed by atoms with Gasteiger partial charge in [0.25, 0.3) is 0 Å². The molecule has 31 heavy (non-hydrogen) atoms. The van der Waals surface area contributed by atoms with Gasteiger partial charge in [-0.3, -0.25) is 4.99 Å². The summed E-state index contributed by atoms with van der Waals surface area (Å²) in [5.41, 5.74) is 2.94. The van der Waals surface area contributed by atoms with Gasteiger partial charge in [-0.1, -0.05) is 32.9 Å². The number of aliphatic imine (C=N–C) groups is 1. The van der Waals surface area contributed by atoms with Crippen LogP contribution in [0, 0.1) is 0 Å². The van der Waals surface area contributed by atoms with E-state index in [0.29, 0.717) is 6.04 Å². The van der Waals surface area contributed by atoms with Crippen LogP contribution in [-0.4, -0.2) is 62.9 Å². The topological polar surface area (TPSA) is 48.9 Å². The number of nitrogens with zero attached hydrogens (tertiary/aromatic N) is 2. The predicted octanol–water partition coefficient (Wildman–Crippen LogP) is 4.65. The Bertz CT molecular complexity index is 691. The lowest BCUT2D eigenvalue weighted by Gasteiger charge is -2.37. The Morgan fingerprint density at radius 3 is 2.29 bits per heavy atom. The van der Waals surface area contributed by atoms with E-state index in [0.717, 1.165) is 64.5 Å². The van der Waals surface area contributed by atoms with Gasteiger partial charge in [0.2, 0.25) is 0 Å². The van der Waals surface area contributed by atoms with Crippen LogP contribution < -0.4 is 15.5 Å². The second-order valence-corrected chi connectivity index (χ2v) is 10.9. The molecule has 2 fully saturated rings. The highest BCUT2D eigenvalue weighted by Gasteiger charge is 2.32. The van der Waals surface area contributed by atoms with Crippen molar-refractivity contribution in [2.45, 2.75) is 62.7 Å². The number of piperidine rings is 1. The van der Waals surface area contributed by atoms with Gasteiger partial charge in [-0.15, -0.1) is 24.0 Å². The highest BCUT2D eigenvalue weighted by molar-refractivity contribution is 14.0. The zero-order valence-electron chi connectivity index (χ0n) is 19.9. The molecule has 0 unspecified atom stereocenters. The lowest BCUT2D eigenvalue weighted by atomic mass is 9.87. The number of guanidine groups is 1. The van der Waals surface area contributed by atoms with E-state index in [9.17, 15) is 0 Å². The zero-order valence-corrected chi connectivity index (χ0v) is 23.0. The van der Waals surface area contributed by atoms with Gasteiger partial charge in [0.1, 0.15) is 0 Å². The highest BCUT2D eigenvalue weighted by atomic mass is 127. The average Bonchev–Trinajstić information content (AvgIpc) is 2.77. The van der Waals surface area contributed by atoms with Crippen LogP contribution in [0.2, 0.25) is 0 Å². The molecule has 7 heteroatoms. The third kappa shape index (κ3) is 7.42. The van der Waals surface area contributed by atoms with E-state index < -0.39 is 0 Å². The minimum atomic E-state index is 0. The fourth-order valence-electron chi connectivity index (χ4n) is 4.28. The van der Waals surface area contributed by atoms with Crippen molar-refractivity contribution < 1.29 is 4.74 Å². The van der Waals surface area contributed by atoms with Crippen LogP contribution in [0.25, 0.3) is 0 Å². The number of halogens is 1. The molecule has 2 N–H and O–H groups in total. The van der Waals surface area contributed by atoms with Crippen LogP contribution in [0.3, 0.4) is 0 Å². The Morgan fingerprint density at radius 2 is 1.77 bits per heavy atom. The van der Waals surface area contributed by atoms with E-state index in [1.165, 1.54) is 11.3 Å². The van der Waals surface area contributed by atoms with Crippen LogP contribution in [0.1, 0.15) is 52.0 Å². The molecule has 176 valence electrons. The van der Waals surface area contributed by atoms with Gasteiger partial charge in [-0.25, -0.2) is 0 Å². The van der Waals surface area contributed by atoms with Crippen LogP contribution in [0.5, 0.6) is 0 Å². The van der Waals surface area contributed by atoms with Crippen molar-refractivity contribution in [2.24, 2.45) is 4.99 Å². The quantitative estimate of drug-likeness (QED) is 0.312. The van der Waals surface area contributed by atoms with E-state index in [1.54, 1.807) is 0 Å². The van der Waals surface area contributed by atoms with E-state index in [2.05, 4.69) is 71.8 Å². The van der Waals surface area contributed by atoms with Crippen molar-refractivity contribution in [2.75, 3.05) is 51.1 Å².